The molecule has 1 amide bonds. The lowest BCUT2D eigenvalue weighted by atomic mass is 9.94. The maximum atomic E-state index is 13.1. The summed E-state index contributed by atoms with van der Waals surface area (Å²) in [5.41, 5.74) is 0.839. The smallest absolute Gasteiger partial charge is 0.337 e. The first-order valence-corrected chi connectivity index (χ1v) is 12.3. The first-order valence-electron chi connectivity index (χ1n) is 10.1. The van der Waals surface area contributed by atoms with Gasteiger partial charge in [-0.1, -0.05) is 23.7 Å². The molecule has 2 atom stereocenters. The van der Waals surface area contributed by atoms with Crippen LogP contribution in [-0.4, -0.2) is 60.7 Å². The molecule has 2 saturated heterocycles. The van der Waals surface area contributed by atoms with Gasteiger partial charge in [0.15, 0.2) is 9.84 Å². The van der Waals surface area contributed by atoms with E-state index in [2.05, 4.69) is 0 Å². The summed E-state index contributed by atoms with van der Waals surface area (Å²) < 4.78 is 28.9. The highest BCUT2D eigenvalue weighted by atomic mass is 35.5. The molecular formula is C23H20ClNO7S. The highest BCUT2D eigenvalue weighted by Gasteiger charge is 2.50. The fraction of sp³-hybridized carbons (Fsp3) is 0.261. The van der Waals surface area contributed by atoms with Crippen molar-refractivity contribution in [3.05, 3.63) is 75.8 Å². The van der Waals surface area contributed by atoms with E-state index in [1.54, 1.807) is 12.1 Å². The second-order valence-electron chi connectivity index (χ2n) is 7.88. The van der Waals surface area contributed by atoms with E-state index in [9.17, 15) is 27.9 Å². The van der Waals surface area contributed by atoms with E-state index in [0.717, 1.165) is 0 Å². The van der Waals surface area contributed by atoms with Crippen LogP contribution in [0.4, 0.5) is 0 Å². The number of nitrogens with zero attached hydrogens (tertiary/aromatic N) is 1. The molecule has 0 bridgehead atoms. The third-order valence-corrected chi connectivity index (χ3v) is 7.85. The Labute approximate surface area is 195 Å². The number of esters is 1. The molecule has 0 radical (unpaired) electrons. The van der Waals surface area contributed by atoms with Gasteiger partial charge in [-0.05, 0) is 48.4 Å². The minimum absolute atomic E-state index is 0.0914. The Balaban J connectivity index is 1.86. The van der Waals surface area contributed by atoms with Gasteiger partial charge in [-0.25, -0.2) is 13.2 Å². The number of likely N-dealkylation sites (tertiary alicyclic amines) is 1. The number of amides is 1. The van der Waals surface area contributed by atoms with Crippen LogP contribution in [0.15, 0.2) is 54.1 Å². The van der Waals surface area contributed by atoms with Gasteiger partial charge in [-0.2, -0.15) is 0 Å². The number of hydrogen-bond donors (Lipinski definition) is 1. The molecule has 8 nitrogen and oxygen atoms in total. The van der Waals surface area contributed by atoms with Crippen LogP contribution >= 0.6 is 11.6 Å². The van der Waals surface area contributed by atoms with Gasteiger partial charge in [0.2, 0.25) is 0 Å². The topological polar surface area (TPSA) is 118 Å². The molecule has 0 aliphatic carbocycles. The minimum Gasteiger partial charge on any atom is -0.507 e. The molecule has 4 rings (SSSR count). The SMILES string of the molecule is COC(=O)c1ccc([C@@H]2/C(=C(\O)c3ccc(Cl)cc3)C(=O)C(=O)N2[C@@H]2CCS(=O)(=O)C2)cc1. The molecule has 2 fully saturated rings. The average molecular weight is 490 g/mol. The summed E-state index contributed by atoms with van der Waals surface area (Å²) in [5.74, 6) is -3.10. The fourth-order valence-electron chi connectivity index (χ4n) is 4.23. The molecule has 2 aromatic carbocycles. The van der Waals surface area contributed by atoms with E-state index in [4.69, 9.17) is 16.3 Å². The zero-order valence-electron chi connectivity index (χ0n) is 17.5. The van der Waals surface area contributed by atoms with Gasteiger partial charge in [0.25, 0.3) is 11.7 Å². The molecule has 0 unspecified atom stereocenters. The number of Topliss-reactive ketones (excluding diaryl/α,β-unsaturated/α-hetero) is 1. The number of carbonyl (C=O) groups is 3. The average Bonchev–Trinajstić information content (AvgIpc) is 3.29. The highest BCUT2D eigenvalue weighted by Crippen LogP contribution is 2.42. The molecule has 0 spiro atoms. The number of sulfone groups is 1. The highest BCUT2D eigenvalue weighted by molar-refractivity contribution is 7.91. The fourth-order valence-corrected chi connectivity index (χ4v) is 6.07. The Kier molecular flexibility index (Phi) is 6.02. The predicted octanol–water partition coefficient (Wildman–Crippen LogP) is 2.74. The Morgan fingerprint density at radius 3 is 2.21 bits per heavy atom. The van der Waals surface area contributed by atoms with E-state index in [-0.39, 0.29) is 34.6 Å². The van der Waals surface area contributed by atoms with Crippen LogP contribution in [-0.2, 0) is 24.2 Å². The summed E-state index contributed by atoms with van der Waals surface area (Å²) >= 11 is 5.92. The van der Waals surface area contributed by atoms with Crippen molar-refractivity contribution in [2.75, 3.05) is 18.6 Å². The second-order valence-corrected chi connectivity index (χ2v) is 10.5. The van der Waals surface area contributed by atoms with Crippen LogP contribution in [0.1, 0.15) is 33.9 Å². The van der Waals surface area contributed by atoms with Crippen molar-refractivity contribution in [1.29, 1.82) is 0 Å². The molecule has 2 aliphatic heterocycles. The lowest BCUT2D eigenvalue weighted by Gasteiger charge is -2.30. The van der Waals surface area contributed by atoms with Crippen molar-refractivity contribution in [2.24, 2.45) is 0 Å². The van der Waals surface area contributed by atoms with Gasteiger partial charge in [-0.15, -0.1) is 0 Å². The Morgan fingerprint density at radius 1 is 1.06 bits per heavy atom. The number of aliphatic hydroxyl groups is 1. The zero-order chi connectivity index (χ0) is 23.9. The summed E-state index contributed by atoms with van der Waals surface area (Å²) in [7, 11) is -2.11. The van der Waals surface area contributed by atoms with E-state index in [1.165, 1.54) is 48.4 Å². The molecule has 10 heteroatoms. The van der Waals surface area contributed by atoms with Crippen LogP contribution in [0.3, 0.4) is 0 Å². The van der Waals surface area contributed by atoms with Gasteiger partial charge < -0.3 is 14.7 Å². The lowest BCUT2D eigenvalue weighted by molar-refractivity contribution is -0.141. The molecular weight excluding hydrogens is 470 g/mol. The van der Waals surface area contributed by atoms with Crippen LogP contribution in [0, 0.1) is 0 Å². The largest absolute Gasteiger partial charge is 0.507 e. The summed E-state index contributed by atoms with van der Waals surface area (Å²) in [5, 5.41) is 11.4. The maximum Gasteiger partial charge on any atom is 0.337 e. The first kappa shape index (κ1) is 23.0. The maximum absolute atomic E-state index is 13.1. The number of ketones is 1. The summed E-state index contributed by atoms with van der Waals surface area (Å²) in [4.78, 5) is 39.2. The summed E-state index contributed by atoms with van der Waals surface area (Å²) in [6.45, 7) is 0. The summed E-state index contributed by atoms with van der Waals surface area (Å²) in [6, 6.07) is 10.4. The van der Waals surface area contributed by atoms with E-state index < -0.39 is 45.3 Å². The number of ether oxygens (including phenoxy) is 1. The number of methoxy groups -OCH3 is 1. The molecule has 0 saturated carbocycles. The molecule has 172 valence electrons. The number of aliphatic hydroxyl groups excluding tert-OH is 1. The van der Waals surface area contributed by atoms with Crippen LogP contribution < -0.4 is 0 Å². The Bertz CT molecular complexity index is 1270. The number of benzene rings is 2. The quantitative estimate of drug-likeness (QED) is 0.303. The molecule has 2 aliphatic rings. The first-order chi connectivity index (χ1) is 15.6. The van der Waals surface area contributed by atoms with Crippen molar-refractivity contribution in [3.63, 3.8) is 0 Å². The molecule has 33 heavy (non-hydrogen) atoms. The lowest BCUT2D eigenvalue weighted by Crippen LogP contribution is -2.40. The number of hydrogen-bond acceptors (Lipinski definition) is 7. The number of halogens is 1. The van der Waals surface area contributed by atoms with Crippen molar-refractivity contribution in [1.82, 2.24) is 4.90 Å². The second kappa shape index (κ2) is 8.64. The third kappa shape index (κ3) is 4.26. The Morgan fingerprint density at radius 2 is 1.67 bits per heavy atom. The van der Waals surface area contributed by atoms with Crippen LogP contribution in [0.25, 0.3) is 5.76 Å². The molecule has 1 N–H and O–H groups in total. The normalized spacial score (nSPS) is 23.6. The van der Waals surface area contributed by atoms with E-state index in [1.807, 2.05) is 0 Å². The third-order valence-electron chi connectivity index (χ3n) is 5.85. The van der Waals surface area contributed by atoms with Gasteiger partial charge in [0.05, 0.1) is 35.8 Å². The van der Waals surface area contributed by atoms with Crippen molar-refractivity contribution >= 4 is 44.9 Å². The molecule has 2 heterocycles. The molecule has 0 aromatic heterocycles. The predicted molar refractivity (Wildman–Crippen MR) is 120 cm³/mol. The van der Waals surface area contributed by atoms with Crippen LogP contribution in [0.2, 0.25) is 5.02 Å². The van der Waals surface area contributed by atoms with E-state index >= 15 is 0 Å². The van der Waals surface area contributed by atoms with Gasteiger partial charge >= 0.3 is 5.97 Å². The number of rotatable bonds is 4. The standard InChI is InChI=1S/C23H20ClNO7S/c1-32-23(29)15-4-2-13(3-5-15)19-18(20(26)14-6-8-16(24)9-7-14)21(27)22(28)25(19)17-10-11-33(30,31)12-17/h2-9,17,19,26H,10-12H2,1H3/b20-18+/t17-,19-/m1/s1. The van der Waals surface area contributed by atoms with Gasteiger partial charge in [-0.3, -0.25) is 9.59 Å². The van der Waals surface area contributed by atoms with Crippen molar-refractivity contribution in [2.45, 2.75) is 18.5 Å². The van der Waals surface area contributed by atoms with Crippen molar-refractivity contribution < 1.29 is 32.6 Å². The van der Waals surface area contributed by atoms with Crippen molar-refractivity contribution in [3.8, 4) is 0 Å². The minimum atomic E-state index is -3.36. The van der Waals surface area contributed by atoms with Gasteiger partial charge in [0.1, 0.15) is 5.76 Å². The van der Waals surface area contributed by atoms with Gasteiger partial charge in [0, 0.05) is 16.6 Å². The summed E-state index contributed by atoms with van der Waals surface area (Å²) in [6.07, 6.45) is 0.188. The molecule has 2 aromatic rings. The monoisotopic (exact) mass is 489 g/mol. The number of carbonyl (C=O) groups excluding carboxylic acids is 3. The zero-order valence-corrected chi connectivity index (χ0v) is 19.1. The van der Waals surface area contributed by atoms with E-state index in [0.29, 0.717) is 10.6 Å². The van der Waals surface area contributed by atoms with Crippen LogP contribution in [0.5, 0.6) is 0 Å². The Hall–Kier alpha value is -3.17.